The van der Waals surface area contributed by atoms with Gasteiger partial charge in [0.2, 0.25) is 5.91 Å². The molecular formula is C58H79N9O5. The van der Waals surface area contributed by atoms with Crippen LogP contribution in [0.3, 0.4) is 0 Å². The zero-order valence-electron chi connectivity index (χ0n) is 43.6. The van der Waals surface area contributed by atoms with Gasteiger partial charge < -0.3 is 29.6 Å². The number of nitrogens with zero attached hydrogens (tertiary/aromatic N) is 6. The predicted octanol–water partition coefficient (Wildman–Crippen LogP) is 7.27. The smallest absolute Gasteiger partial charge is 0.324 e. The van der Waals surface area contributed by atoms with E-state index in [1.54, 1.807) is 12.1 Å². The summed E-state index contributed by atoms with van der Waals surface area (Å²) in [6, 6.07) is 16.4. The fourth-order valence-corrected chi connectivity index (χ4v) is 14.0. The van der Waals surface area contributed by atoms with E-state index in [4.69, 9.17) is 14.5 Å². The maximum absolute atomic E-state index is 15.0. The molecule has 2 aromatic heterocycles. The van der Waals surface area contributed by atoms with Crippen LogP contribution in [0.2, 0.25) is 0 Å². The first-order chi connectivity index (χ1) is 34.9. The summed E-state index contributed by atoms with van der Waals surface area (Å²) in [4.78, 5) is 57.1. The first-order valence-electron chi connectivity index (χ1n) is 27.7. The molecule has 3 N–H and O–H groups in total. The molecule has 2 amide bonds. The molecule has 1 spiro atoms. The van der Waals surface area contributed by atoms with Gasteiger partial charge in [0.1, 0.15) is 12.1 Å². The summed E-state index contributed by atoms with van der Waals surface area (Å²) in [5, 5.41) is 9.72. The molecule has 386 valence electrons. The Hall–Kier alpha value is -4.86. The molecule has 6 bridgehead atoms. The van der Waals surface area contributed by atoms with Gasteiger partial charge in [-0.25, -0.2) is 5.43 Å². The van der Waals surface area contributed by atoms with Crippen LogP contribution in [0.25, 0.3) is 33.3 Å². The largest absolute Gasteiger partial charge is 0.464 e. The van der Waals surface area contributed by atoms with Gasteiger partial charge in [0.15, 0.2) is 0 Å². The highest BCUT2D eigenvalue weighted by molar-refractivity contribution is 5.96. The minimum Gasteiger partial charge on any atom is -0.464 e. The third kappa shape index (κ3) is 9.71. The number of esters is 1. The van der Waals surface area contributed by atoms with E-state index >= 15 is 0 Å². The van der Waals surface area contributed by atoms with E-state index < -0.39 is 17.5 Å². The second kappa shape index (κ2) is 20.5. The number of pyridine rings is 1. The van der Waals surface area contributed by atoms with Gasteiger partial charge in [-0.15, -0.1) is 0 Å². The monoisotopic (exact) mass is 982 g/mol. The molecule has 72 heavy (non-hydrogen) atoms. The van der Waals surface area contributed by atoms with Gasteiger partial charge in [0.25, 0.3) is 5.91 Å². The number of nitrogens with one attached hydrogen (secondary N) is 3. The van der Waals surface area contributed by atoms with Crippen LogP contribution in [0.5, 0.6) is 0 Å². The van der Waals surface area contributed by atoms with Crippen LogP contribution in [0.15, 0.2) is 54.7 Å². The third-order valence-electron chi connectivity index (χ3n) is 18.0. The fraction of sp³-hybridized carbons (Fsp3) is 0.621. The van der Waals surface area contributed by atoms with E-state index in [1.807, 2.05) is 0 Å². The number of aromatic nitrogens is 2. The number of aryl methyl sites for hydroxylation is 1. The highest BCUT2D eigenvalue weighted by Crippen LogP contribution is 2.44. The molecule has 14 nitrogen and oxygen atoms in total. The lowest BCUT2D eigenvalue weighted by molar-refractivity contribution is -0.155. The quantitative estimate of drug-likeness (QED) is 0.146. The number of hydrogen-bond donors (Lipinski definition) is 3. The Morgan fingerprint density at radius 1 is 0.958 bits per heavy atom. The Morgan fingerprint density at radius 3 is 2.60 bits per heavy atom. The number of carbonyl (C=O) groups is 3. The van der Waals surface area contributed by atoms with Gasteiger partial charge in [-0.3, -0.25) is 34.2 Å². The van der Waals surface area contributed by atoms with Crippen LogP contribution in [0, 0.1) is 16.7 Å². The molecule has 1 saturated carbocycles. The number of anilines is 1. The van der Waals surface area contributed by atoms with Crippen LogP contribution >= 0.6 is 0 Å². The van der Waals surface area contributed by atoms with E-state index in [2.05, 4.69) is 118 Å². The van der Waals surface area contributed by atoms with Crippen molar-refractivity contribution in [1.82, 2.24) is 40.4 Å². The van der Waals surface area contributed by atoms with Gasteiger partial charge in [-0.1, -0.05) is 57.0 Å². The Bertz CT molecular complexity index is 2650. The summed E-state index contributed by atoms with van der Waals surface area (Å²) >= 11 is 0. The molecule has 6 aliphatic heterocycles. The standard InChI is InChI=1S/C58H79N9O5/c1-6-66-50-19-18-42-30-45(50)47(53(66)46-31-44(33-60-51(46)38(2)71-5)64-27-26-63-23-10-16-43(63)34-64)32-57(3,4)37-72-56(70)48-17-11-24-67(62-48)55(69)49(29-39-12-9-15-41(42)28-39)61-54(68)52(40-13-7-8-14-40)65-25-21-58(36-65)20-22-59-35-58/h9,12,15,18-19,28,30-31,33,38,40,43,48-49,52,59,62H,6-8,10-11,13-14,16-17,20-27,29,32,34-37H2,1-5H3,(H,61,68)/t38-,43+,48-,49-,52-,58-/m0/s1. The number of carbonyl (C=O) groups excluding carboxylic acids is 3. The molecule has 11 rings (SSSR count). The molecule has 7 aliphatic rings. The minimum absolute atomic E-state index is 0.0499. The molecular weight excluding hydrogens is 903 g/mol. The lowest BCUT2D eigenvalue weighted by atomic mass is 9.84. The first kappa shape index (κ1) is 49.4. The molecule has 6 fully saturated rings. The molecule has 6 atom stereocenters. The van der Waals surface area contributed by atoms with Crippen LogP contribution in [0.4, 0.5) is 5.69 Å². The highest BCUT2D eigenvalue weighted by atomic mass is 16.5. The van der Waals surface area contributed by atoms with Crippen LogP contribution in [0.1, 0.15) is 115 Å². The van der Waals surface area contributed by atoms with E-state index in [0.29, 0.717) is 38.3 Å². The van der Waals surface area contributed by atoms with Crippen molar-refractivity contribution in [2.45, 2.75) is 142 Å². The Kier molecular flexibility index (Phi) is 14.0. The second-order valence-corrected chi connectivity index (χ2v) is 23.5. The van der Waals surface area contributed by atoms with Crippen LogP contribution < -0.4 is 21.0 Å². The predicted molar refractivity (Wildman–Crippen MR) is 282 cm³/mol. The van der Waals surface area contributed by atoms with Crippen LogP contribution in [-0.4, -0.2) is 139 Å². The van der Waals surface area contributed by atoms with E-state index in [-0.39, 0.29) is 47.9 Å². The average molecular weight is 982 g/mol. The van der Waals surface area contributed by atoms with Crippen molar-refractivity contribution in [2.75, 3.05) is 77.5 Å². The molecule has 14 heteroatoms. The molecule has 0 unspecified atom stereocenters. The summed E-state index contributed by atoms with van der Waals surface area (Å²) in [5.41, 5.74) is 12.7. The van der Waals surface area contributed by atoms with Gasteiger partial charge in [-0.05, 0) is 143 Å². The van der Waals surface area contributed by atoms with E-state index in [9.17, 15) is 14.4 Å². The van der Waals surface area contributed by atoms with Crippen molar-refractivity contribution < 1.29 is 23.9 Å². The number of benzene rings is 2. The number of likely N-dealkylation sites (tertiary alicyclic amines) is 1. The number of rotatable bonds is 9. The molecule has 1 aliphatic carbocycles. The SMILES string of the molecule is CCn1c(-c2cc(N3CCN4CCC[C@@H]4C3)cnc2[C@H](C)OC)c2c3cc(ccc31)-c1cccc(c1)C[C@H](NC(=O)[C@H](C1CCCC1)N1CC[C@]3(CCNC3)C1)C(=O)N1CCC[C@H](N1)C(=O)OCC(C)(C)C2. The van der Waals surface area contributed by atoms with Gasteiger partial charge in [-0.2, -0.15) is 0 Å². The number of ether oxygens (including phenoxy) is 2. The van der Waals surface area contributed by atoms with Crippen LogP contribution in [-0.2, 0) is 43.2 Å². The fourth-order valence-electron chi connectivity index (χ4n) is 14.0. The summed E-state index contributed by atoms with van der Waals surface area (Å²) in [7, 11) is 1.76. The Morgan fingerprint density at radius 2 is 1.79 bits per heavy atom. The molecule has 8 heterocycles. The van der Waals surface area contributed by atoms with Crippen molar-refractivity contribution in [2.24, 2.45) is 16.7 Å². The number of hydrazine groups is 1. The number of amides is 2. The summed E-state index contributed by atoms with van der Waals surface area (Å²) in [6.07, 6.45) is 13.0. The first-order valence-corrected chi connectivity index (χ1v) is 27.7. The van der Waals surface area contributed by atoms with Crippen molar-refractivity contribution in [3.8, 4) is 22.4 Å². The third-order valence-corrected chi connectivity index (χ3v) is 18.0. The normalized spacial score (nSPS) is 27.3. The molecule has 0 radical (unpaired) electrons. The number of cyclic esters (lactones) is 1. The topological polar surface area (TPSA) is 137 Å². The van der Waals surface area contributed by atoms with Gasteiger partial charge >= 0.3 is 5.97 Å². The Labute approximate surface area is 426 Å². The zero-order valence-corrected chi connectivity index (χ0v) is 43.6. The maximum atomic E-state index is 15.0. The van der Waals surface area contributed by atoms with Crippen molar-refractivity contribution in [3.05, 3.63) is 71.5 Å². The summed E-state index contributed by atoms with van der Waals surface area (Å²) in [6.45, 7) is 18.1. The Balaban J connectivity index is 0.991. The molecule has 2 aromatic carbocycles. The number of methoxy groups -OCH3 is 1. The minimum atomic E-state index is -0.841. The number of hydrogen-bond acceptors (Lipinski definition) is 11. The van der Waals surface area contributed by atoms with E-state index in [1.165, 1.54) is 24.9 Å². The van der Waals surface area contributed by atoms with E-state index in [0.717, 1.165) is 141 Å². The molecule has 5 saturated heterocycles. The lowest BCUT2D eigenvalue weighted by Gasteiger charge is -2.39. The van der Waals surface area contributed by atoms with Crippen molar-refractivity contribution in [1.29, 1.82) is 0 Å². The van der Waals surface area contributed by atoms with Crippen molar-refractivity contribution in [3.63, 3.8) is 0 Å². The zero-order chi connectivity index (χ0) is 49.7. The second-order valence-electron chi connectivity index (χ2n) is 23.5. The number of fused-ring (bicyclic) bond motifs is 7. The maximum Gasteiger partial charge on any atom is 0.324 e. The number of piperazine rings is 1. The highest BCUT2D eigenvalue weighted by Gasteiger charge is 2.47. The lowest BCUT2D eigenvalue weighted by Crippen LogP contribution is -2.62. The summed E-state index contributed by atoms with van der Waals surface area (Å²) < 4.78 is 14.8. The van der Waals surface area contributed by atoms with Gasteiger partial charge in [0.05, 0.1) is 42.0 Å². The average Bonchev–Trinajstić information content (AvgIpc) is 4.28. The summed E-state index contributed by atoms with van der Waals surface area (Å²) in [5.74, 6) is -0.382. The van der Waals surface area contributed by atoms with Crippen molar-refractivity contribution >= 4 is 34.4 Å². The van der Waals surface area contributed by atoms with Gasteiger partial charge in [0, 0.05) is 87.3 Å². The molecule has 4 aromatic rings.